The summed E-state index contributed by atoms with van der Waals surface area (Å²) >= 11 is 0. The number of likely N-dealkylation sites (N-methyl/N-ethyl adjacent to an activating group) is 1. The second-order valence-electron chi connectivity index (χ2n) is 7.17. The van der Waals surface area contributed by atoms with Crippen LogP contribution >= 0.6 is 12.4 Å². The fourth-order valence-corrected chi connectivity index (χ4v) is 3.92. The number of benzene rings is 1. The fraction of sp³-hybridized carbons (Fsp3) is 0.421. The monoisotopic (exact) mass is 428 g/mol. The Labute approximate surface area is 171 Å². The highest BCUT2D eigenvalue weighted by Crippen LogP contribution is 2.38. The Morgan fingerprint density at radius 2 is 2.07 bits per heavy atom. The van der Waals surface area contributed by atoms with E-state index in [0.717, 1.165) is 12.8 Å². The van der Waals surface area contributed by atoms with Crippen molar-refractivity contribution in [2.24, 2.45) is 0 Å². The lowest BCUT2D eigenvalue weighted by molar-refractivity contribution is -0.274. The van der Waals surface area contributed by atoms with E-state index < -0.39 is 11.9 Å². The van der Waals surface area contributed by atoms with Crippen LogP contribution in [0, 0.1) is 0 Å². The van der Waals surface area contributed by atoms with Crippen molar-refractivity contribution in [3.63, 3.8) is 0 Å². The highest BCUT2D eigenvalue weighted by molar-refractivity contribution is 5.88. The van der Waals surface area contributed by atoms with E-state index in [1.54, 1.807) is 30.3 Å². The lowest BCUT2D eigenvalue weighted by atomic mass is 9.96. The molecule has 1 N–H and O–H groups in total. The molecule has 3 heterocycles. The van der Waals surface area contributed by atoms with Crippen LogP contribution in [0.4, 0.5) is 13.2 Å². The Morgan fingerprint density at radius 3 is 2.76 bits per heavy atom. The van der Waals surface area contributed by atoms with Crippen molar-refractivity contribution in [1.29, 1.82) is 0 Å². The van der Waals surface area contributed by atoms with Gasteiger partial charge in [0.2, 0.25) is 5.91 Å². The fourth-order valence-electron chi connectivity index (χ4n) is 3.92. The summed E-state index contributed by atoms with van der Waals surface area (Å²) in [5, 5.41) is 3.39. The molecular formula is C19H20ClF3N4O2. The number of carbonyl (C=O) groups is 1. The molecule has 0 aliphatic carbocycles. The standard InChI is InChI=1S/C19H19F3N4O2.ClH/c1-26-10-8-18(17(26)27)7-5-15(25-18)16-23-9-6-14(24-16)12-3-2-4-13(11-12)28-19(20,21)22;/h2-4,6,9,11,15,25H,5,7-8,10H2,1H3;1H/t15-,18+;/m1./s1. The van der Waals surface area contributed by atoms with Crippen LogP contribution in [-0.2, 0) is 4.79 Å². The molecule has 0 saturated carbocycles. The van der Waals surface area contributed by atoms with Gasteiger partial charge in [0.05, 0.1) is 11.7 Å². The topological polar surface area (TPSA) is 67.3 Å². The van der Waals surface area contributed by atoms with Crippen molar-refractivity contribution in [2.75, 3.05) is 13.6 Å². The van der Waals surface area contributed by atoms with Gasteiger partial charge in [-0.1, -0.05) is 12.1 Å². The van der Waals surface area contributed by atoms with E-state index in [9.17, 15) is 18.0 Å². The summed E-state index contributed by atoms with van der Waals surface area (Å²) in [4.78, 5) is 23.0. The summed E-state index contributed by atoms with van der Waals surface area (Å²) in [6.45, 7) is 0.714. The van der Waals surface area contributed by atoms with E-state index in [0.29, 0.717) is 30.0 Å². The van der Waals surface area contributed by atoms with Gasteiger partial charge in [-0.15, -0.1) is 25.6 Å². The third kappa shape index (κ3) is 4.30. The van der Waals surface area contributed by atoms with Crippen LogP contribution in [0.5, 0.6) is 5.75 Å². The molecule has 0 radical (unpaired) electrons. The van der Waals surface area contributed by atoms with Crippen LogP contribution in [0.15, 0.2) is 36.5 Å². The molecule has 2 saturated heterocycles. The minimum atomic E-state index is -4.75. The summed E-state index contributed by atoms with van der Waals surface area (Å²) in [5.74, 6) is 0.310. The molecule has 2 fully saturated rings. The molecule has 156 valence electrons. The minimum absolute atomic E-state index is 0. The Hall–Kier alpha value is -2.39. The zero-order valence-corrected chi connectivity index (χ0v) is 16.4. The maximum absolute atomic E-state index is 12.5. The second-order valence-corrected chi connectivity index (χ2v) is 7.17. The number of hydrogen-bond acceptors (Lipinski definition) is 5. The van der Waals surface area contributed by atoms with Gasteiger partial charge in [-0.05, 0) is 37.5 Å². The first-order valence-electron chi connectivity index (χ1n) is 8.98. The average molecular weight is 429 g/mol. The van der Waals surface area contributed by atoms with E-state index in [4.69, 9.17) is 0 Å². The summed E-state index contributed by atoms with van der Waals surface area (Å²) < 4.78 is 41.4. The third-order valence-corrected chi connectivity index (χ3v) is 5.29. The largest absolute Gasteiger partial charge is 0.573 e. The van der Waals surface area contributed by atoms with E-state index >= 15 is 0 Å². The van der Waals surface area contributed by atoms with E-state index in [1.165, 1.54) is 18.2 Å². The number of amides is 1. The molecule has 1 aromatic heterocycles. The lowest BCUT2D eigenvalue weighted by Crippen LogP contribution is -2.47. The first kappa shape index (κ1) is 21.3. The molecule has 1 amide bonds. The summed E-state index contributed by atoms with van der Waals surface area (Å²) in [6.07, 6.45) is -0.998. The van der Waals surface area contributed by atoms with Crippen molar-refractivity contribution in [1.82, 2.24) is 20.2 Å². The van der Waals surface area contributed by atoms with Crippen LogP contribution in [0.1, 0.15) is 31.1 Å². The van der Waals surface area contributed by atoms with E-state index in [1.807, 2.05) is 0 Å². The van der Waals surface area contributed by atoms with Crippen molar-refractivity contribution in [2.45, 2.75) is 37.2 Å². The molecule has 1 aromatic carbocycles. The molecule has 0 unspecified atom stereocenters. The zero-order chi connectivity index (χ0) is 19.9. The van der Waals surface area contributed by atoms with Gasteiger partial charge < -0.3 is 9.64 Å². The van der Waals surface area contributed by atoms with Crippen molar-refractivity contribution in [3.05, 3.63) is 42.4 Å². The zero-order valence-electron chi connectivity index (χ0n) is 15.6. The van der Waals surface area contributed by atoms with Gasteiger partial charge in [0.25, 0.3) is 0 Å². The van der Waals surface area contributed by atoms with Crippen molar-refractivity contribution in [3.8, 4) is 17.0 Å². The second kappa shape index (κ2) is 7.79. The van der Waals surface area contributed by atoms with Crippen molar-refractivity contribution < 1.29 is 22.7 Å². The van der Waals surface area contributed by atoms with Gasteiger partial charge in [0, 0.05) is 25.4 Å². The molecule has 2 aromatic rings. The highest BCUT2D eigenvalue weighted by atomic mass is 35.5. The Kier molecular flexibility index (Phi) is 5.73. The molecule has 0 bridgehead atoms. The average Bonchev–Trinajstić information content (AvgIpc) is 3.21. The number of nitrogens with zero attached hydrogens (tertiary/aromatic N) is 3. The quantitative estimate of drug-likeness (QED) is 0.810. The Bertz CT molecular complexity index is 911. The normalized spacial score (nSPS) is 24.1. The van der Waals surface area contributed by atoms with Gasteiger partial charge in [-0.3, -0.25) is 10.1 Å². The van der Waals surface area contributed by atoms with Crippen LogP contribution in [0.2, 0.25) is 0 Å². The molecule has 2 aliphatic rings. The Morgan fingerprint density at radius 1 is 1.28 bits per heavy atom. The number of hydrogen-bond donors (Lipinski definition) is 1. The first-order valence-corrected chi connectivity index (χ1v) is 8.98. The maximum Gasteiger partial charge on any atom is 0.573 e. The molecular weight excluding hydrogens is 409 g/mol. The number of likely N-dealkylation sites (tertiary alicyclic amines) is 1. The van der Waals surface area contributed by atoms with Gasteiger partial charge in [0.1, 0.15) is 17.1 Å². The van der Waals surface area contributed by atoms with Crippen LogP contribution < -0.4 is 10.1 Å². The molecule has 2 atom stereocenters. The first-order chi connectivity index (χ1) is 13.3. The minimum Gasteiger partial charge on any atom is -0.406 e. The number of nitrogens with one attached hydrogen (secondary N) is 1. The number of ether oxygens (including phenoxy) is 1. The third-order valence-electron chi connectivity index (χ3n) is 5.29. The predicted molar refractivity (Wildman–Crippen MR) is 101 cm³/mol. The van der Waals surface area contributed by atoms with Gasteiger partial charge >= 0.3 is 6.36 Å². The molecule has 4 rings (SSSR count). The van der Waals surface area contributed by atoms with Crippen LogP contribution in [0.25, 0.3) is 11.3 Å². The number of halogens is 4. The van der Waals surface area contributed by atoms with Gasteiger partial charge in [0.15, 0.2) is 0 Å². The number of rotatable bonds is 3. The van der Waals surface area contributed by atoms with E-state index in [-0.39, 0.29) is 30.1 Å². The predicted octanol–water partition coefficient (Wildman–Crippen LogP) is 3.49. The summed E-state index contributed by atoms with van der Waals surface area (Å²) in [5.41, 5.74) is 0.434. The Balaban J connectivity index is 0.00000240. The SMILES string of the molecule is CN1CC[C@@]2(CC[C@H](c3nccc(-c4cccc(OC(F)(F)F)c4)n3)N2)C1=O.Cl. The van der Waals surface area contributed by atoms with Crippen LogP contribution in [-0.4, -0.2) is 46.3 Å². The number of aromatic nitrogens is 2. The van der Waals surface area contributed by atoms with Crippen LogP contribution in [0.3, 0.4) is 0 Å². The van der Waals surface area contributed by atoms with E-state index in [2.05, 4.69) is 20.0 Å². The smallest absolute Gasteiger partial charge is 0.406 e. The molecule has 1 spiro atoms. The van der Waals surface area contributed by atoms with Gasteiger partial charge in [-0.25, -0.2) is 9.97 Å². The highest BCUT2D eigenvalue weighted by Gasteiger charge is 2.50. The summed E-state index contributed by atoms with van der Waals surface area (Å²) in [7, 11) is 1.79. The molecule has 6 nitrogen and oxygen atoms in total. The molecule has 10 heteroatoms. The number of alkyl halides is 3. The molecule has 2 aliphatic heterocycles. The van der Waals surface area contributed by atoms with Gasteiger partial charge in [-0.2, -0.15) is 0 Å². The lowest BCUT2D eigenvalue weighted by Gasteiger charge is -2.23. The number of carbonyl (C=O) groups excluding carboxylic acids is 1. The maximum atomic E-state index is 12.5. The summed E-state index contributed by atoms with van der Waals surface area (Å²) in [6, 6.07) is 7.13. The molecule has 29 heavy (non-hydrogen) atoms. The van der Waals surface area contributed by atoms with Crippen molar-refractivity contribution >= 4 is 18.3 Å².